The Hall–Kier alpha value is -1.43. The number of likely N-dealkylation sites (tertiary alicyclic amines) is 1. The van der Waals surface area contributed by atoms with Crippen molar-refractivity contribution >= 4 is 27.8 Å². The number of ether oxygens (including phenoxy) is 1. The molecule has 6 heteroatoms. The van der Waals surface area contributed by atoms with E-state index in [1.54, 1.807) is 17.3 Å². The van der Waals surface area contributed by atoms with Crippen molar-refractivity contribution in [3.8, 4) is 0 Å². The molecular formula is C16H21BrN2O3. The number of amides is 1. The number of hydrogen-bond donors (Lipinski definition) is 0. The van der Waals surface area contributed by atoms with E-state index in [-0.39, 0.29) is 17.8 Å². The summed E-state index contributed by atoms with van der Waals surface area (Å²) in [6.45, 7) is 6.52. The first-order valence-electron chi connectivity index (χ1n) is 7.34. The summed E-state index contributed by atoms with van der Waals surface area (Å²) in [5.41, 5.74) is 0.372. The van der Waals surface area contributed by atoms with Crippen molar-refractivity contribution in [2.24, 2.45) is 5.92 Å². The molecule has 1 saturated heterocycles. The zero-order chi connectivity index (χ0) is 16.3. The van der Waals surface area contributed by atoms with E-state index in [9.17, 15) is 9.59 Å². The Balaban J connectivity index is 1.90. The molecule has 1 unspecified atom stereocenters. The van der Waals surface area contributed by atoms with E-state index in [1.165, 1.54) is 0 Å². The van der Waals surface area contributed by atoms with Crippen molar-refractivity contribution in [3.63, 3.8) is 0 Å². The highest BCUT2D eigenvalue weighted by atomic mass is 79.9. The molecule has 1 aromatic rings. The molecule has 22 heavy (non-hydrogen) atoms. The molecule has 2 heterocycles. The van der Waals surface area contributed by atoms with Crippen molar-refractivity contribution in [2.75, 3.05) is 13.1 Å². The van der Waals surface area contributed by atoms with Gasteiger partial charge in [-0.2, -0.15) is 0 Å². The van der Waals surface area contributed by atoms with Crippen LogP contribution < -0.4 is 0 Å². The molecule has 0 aliphatic carbocycles. The van der Waals surface area contributed by atoms with Gasteiger partial charge in [0.1, 0.15) is 11.4 Å². The van der Waals surface area contributed by atoms with Crippen LogP contribution in [0.25, 0.3) is 0 Å². The molecule has 5 nitrogen and oxygen atoms in total. The molecular weight excluding hydrogens is 348 g/mol. The van der Waals surface area contributed by atoms with Crippen LogP contribution in [0.15, 0.2) is 22.9 Å². The normalized spacial score (nSPS) is 18.4. The monoisotopic (exact) mass is 368 g/mol. The van der Waals surface area contributed by atoms with Crippen molar-refractivity contribution in [1.29, 1.82) is 0 Å². The summed E-state index contributed by atoms with van der Waals surface area (Å²) < 4.78 is 6.20. The minimum absolute atomic E-state index is 0.119. The molecule has 0 bridgehead atoms. The Kier molecular flexibility index (Phi) is 5.21. The van der Waals surface area contributed by atoms with Crippen molar-refractivity contribution < 1.29 is 14.3 Å². The third-order valence-electron chi connectivity index (χ3n) is 3.44. The molecule has 0 aromatic carbocycles. The molecule has 1 amide bonds. The minimum atomic E-state index is -0.513. The highest BCUT2D eigenvalue weighted by Gasteiger charge is 2.33. The Morgan fingerprint density at radius 1 is 1.41 bits per heavy atom. The number of rotatable bonds is 3. The van der Waals surface area contributed by atoms with Crippen LogP contribution in [0.4, 0.5) is 4.79 Å². The number of ketones is 1. The highest BCUT2D eigenvalue weighted by Crippen LogP contribution is 2.22. The van der Waals surface area contributed by atoms with Gasteiger partial charge < -0.3 is 9.64 Å². The van der Waals surface area contributed by atoms with Gasteiger partial charge in [0, 0.05) is 42.3 Å². The summed E-state index contributed by atoms with van der Waals surface area (Å²) in [6, 6.07) is 1.89. The van der Waals surface area contributed by atoms with E-state index in [0.717, 1.165) is 10.0 Å². The SMILES string of the molecule is CC(C)(C)OC(=O)N1CCC(C(=O)Cc2cncc(Br)c2)C1. The second-order valence-electron chi connectivity index (χ2n) is 6.57. The lowest BCUT2D eigenvalue weighted by atomic mass is 9.98. The van der Waals surface area contributed by atoms with E-state index >= 15 is 0 Å². The van der Waals surface area contributed by atoms with Gasteiger partial charge >= 0.3 is 6.09 Å². The molecule has 1 aromatic heterocycles. The predicted octanol–water partition coefficient (Wildman–Crippen LogP) is 3.21. The van der Waals surface area contributed by atoms with Crippen molar-refractivity contribution in [2.45, 2.75) is 39.2 Å². The number of nitrogens with zero attached hydrogens (tertiary/aromatic N) is 2. The second-order valence-corrected chi connectivity index (χ2v) is 7.48. The third kappa shape index (κ3) is 4.80. The molecule has 0 spiro atoms. The molecule has 1 aliphatic heterocycles. The molecule has 1 aliphatic rings. The maximum absolute atomic E-state index is 12.4. The predicted molar refractivity (Wildman–Crippen MR) is 86.6 cm³/mol. The van der Waals surface area contributed by atoms with Gasteiger partial charge in [-0.25, -0.2) is 4.79 Å². The van der Waals surface area contributed by atoms with Gasteiger partial charge in [-0.15, -0.1) is 0 Å². The topological polar surface area (TPSA) is 59.5 Å². The first kappa shape index (κ1) is 16.9. The van der Waals surface area contributed by atoms with E-state index in [4.69, 9.17) is 4.74 Å². The van der Waals surface area contributed by atoms with Gasteiger partial charge in [-0.1, -0.05) is 0 Å². The van der Waals surface area contributed by atoms with Gasteiger partial charge in [0.05, 0.1) is 0 Å². The largest absolute Gasteiger partial charge is 0.444 e. The van der Waals surface area contributed by atoms with E-state index < -0.39 is 5.60 Å². The van der Waals surface area contributed by atoms with Gasteiger partial charge in [0.25, 0.3) is 0 Å². The molecule has 2 rings (SSSR count). The second kappa shape index (κ2) is 6.77. The summed E-state index contributed by atoms with van der Waals surface area (Å²) in [7, 11) is 0. The van der Waals surface area contributed by atoms with Crippen LogP contribution in [0, 0.1) is 5.92 Å². The number of carbonyl (C=O) groups is 2. The summed E-state index contributed by atoms with van der Waals surface area (Å²) >= 11 is 3.35. The van der Waals surface area contributed by atoms with Crippen LogP contribution >= 0.6 is 15.9 Å². The fourth-order valence-electron chi connectivity index (χ4n) is 2.41. The summed E-state index contributed by atoms with van der Waals surface area (Å²) in [5, 5.41) is 0. The molecule has 0 saturated carbocycles. The average molecular weight is 369 g/mol. The Labute approximate surface area is 139 Å². The quantitative estimate of drug-likeness (QED) is 0.821. The lowest BCUT2D eigenvalue weighted by molar-refractivity contribution is -0.121. The fraction of sp³-hybridized carbons (Fsp3) is 0.562. The average Bonchev–Trinajstić information content (AvgIpc) is 2.86. The number of aromatic nitrogens is 1. The zero-order valence-corrected chi connectivity index (χ0v) is 14.7. The molecule has 1 atom stereocenters. The number of carbonyl (C=O) groups excluding carboxylic acids is 2. The fourth-order valence-corrected chi connectivity index (χ4v) is 2.83. The summed E-state index contributed by atoms with van der Waals surface area (Å²) in [4.78, 5) is 30.0. The zero-order valence-electron chi connectivity index (χ0n) is 13.1. The van der Waals surface area contributed by atoms with Crippen molar-refractivity contribution in [1.82, 2.24) is 9.88 Å². The molecule has 120 valence electrons. The van der Waals surface area contributed by atoms with Gasteiger partial charge in [-0.05, 0) is 54.8 Å². The van der Waals surface area contributed by atoms with Crippen LogP contribution in [0.5, 0.6) is 0 Å². The van der Waals surface area contributed by atoms with Crippen molar-refractivity contribution in [3.05, 3.63) is 28.5 Å². The highest BCUT2D eigenvalue weighted by molar-refractivity contribution is 9.10. The molecule has 0 N–H and O–H groups in total. The van der Waals surface area contributed by atoms with E-state index in [0.29, 0.717) is 25.9 Å². The number of Topliss-reactive ketones (excluding diaryl/α,β-unsaturated/α-hetero) is 1. The van der Waals surface area contributed by atoms with Crippen LogP contribution in [-0.2, 0) is 16.0 Å². The van der Waals surface area contributed by atoms with Crippen LogP contribution in [-0.4, -0.2) is 40.5 Å². The van der Waals surface area contributed by atoms with Gasteiger partial charge in [-0.3, -0.25) is 9.78 Å². The maximum Gasteiger partial charge on any atom is 0.410 e. The first-order chi connectivity index (χ1) is 10.2. The number of pyridine rings is 1. The van der Waals surface area contributed by atoms with Crippen LogP contribution in [0.2, 0.25) is 0 Å². The number of halogens is 1. The molecule has 0 radical (unpaired) electrons. The maximum atomic E-state index is 12.4. The lowest BCUT2D eigenvalue weighted by Gasteiger charge is -2.24. The van der Waals surface area contributed by atoms with Gasteiger partial charge in [0.2, 0.25) is 0 Å². The Morgan fingerprint density at radius 2 is 2.14 bits per heavy atom. The van der Waals surface area contributed by atoms with E-state index in [2.05, 4.69) is 20.9 Å². The summed E-state index contributed by atoms with van der Waals surface area (Å²) in [5.74, 6) is 0.0254. The Morgan fingerprint density at radius 3 is 2.77 bits per heavy atom. The third-order valence-corrected chi connectivity index (χ3v) is 3.87. The van der Waals surface area contributed by atoms with Gasteiger partial charge in [0.15, 0.2) is 0 Å². The lowest BCUT2D eigenvalue weighted by Crippen LogP contribution is -2.36. The van der Waals surface area contributed by atoms with Crippen LogP contribution in [0.1, 0.15) is 32.8 Å². The van der Waals surface area contributed by atoms with E-state index in [1.807, 2.05) is 26.8 Å². The standard InChI is InChI=1S/C16H21BrN2O3/c1-16(2,3)22-15(21)19-5-4-12(10-19)14(20)7-11-6-13(17)9-18-8-11/h6,8-9,12H,4-5,7,10H2,1-3H3. The number of hydrogen-bond acceptors (Lipinski definition) is 4. The summed E-state index contributed by atoms with van der Waals surface area (Å²) in [6.07, 6.45) is 4.09. The molecule has 1 fully saturated rings. The first-order valence-corrected chi connectivity index (χ1v) is 8.14. The smallest absolute Gasteiger partial charge is 0.410 e. The Bertz CT molecular complexity index is 569. The van der Waals surface area contributed by atoms with Crippen LogP contribution in [0.3, 0.4) is 0 Å². The minimum Gasteiger partial charge on any atom is -0.444 e.